The van der Waals surface area contributed by atoms with Crippen LogP contribution in [0, 0.1) is 0 Å². The second-order valence-electron chi connectivity index (χ2n) is 2.31. The second-order valence-corrected chi connectivity index (χ2v) is 3.91. The maximum atomic E-state index is 10.7. The molecule has 0 amide bonds. The Bertz CT molecular complexity index is 170. The molecule has 0 aliphatic heterocycles. The van der Waals surface area contributed by atoms with Crippen molar-refractivity contribution < 1.29 is 19.5 Å². The van der Waals surface area contributed by atoms with Gasteiger partial charge < -0.3 is 26.4 Å². The van der Waals surface area contributed by atoms with Gasteiger partial charge in [0.05, 0.1) is 12.8 Å². The standard InChI is InChI=1S/C4H14N3O4P/c5-4(6)3-7(1-2-8)12(9,10)11/h4,8H,1-3,5-6H2,(H2,9,10,11). The van der Waals surface area contributed by atoms with Crippen molar-refractivity contribution in [2.75, 3.05) is 19.7 Å². The maximum absolute atomic E-state index is 10.7. The molecule has 0 aromatic heterocycles. The normalized spacial score (nSPS) is 12.9. The van der Waals surface area contributed by atoms with Gasteiger partial charge in [-0.3, -0.25) is 0 Å². The lowest BCUT2D eigenvalue weighted by Crippen LogP contribution is -2.42. The number of nitrogens with two attached hydrogens (primary N) is 2. The lowest BCUT2D eigenvalue weighted by molar-refractivity contribution is 0.210. The maximum Gasteiger partial charge on any atom is 0.403 e. The predicted octanol–water partition coefficient (Wildman–Crippen LogP) is -2.38. The fraction of sp³-hybridized carbons (Fsp3) is 1.00. The van der Waals surface area contributed by atoms with E-state index in [1.807, 2.05) is 0 Å². The third-order valence-corrected chi connectivity index (χ3v) is 2.25. The minimum Gasteiger partial charge on any atom is -0.395 e. The molecule has 7 N–H and O–H groups in total. The van der Waals surface area contributed by atoms with Crippen molar-refractivity contribution in [3.63, 3.8) is 0 Å². The van der Waals surface area contributed by atoms with Gasteiger partial charge in [-0.25, -0.2) is 9.24 Å². The van der Waals surface area contributed by atoms with E-state index in [9.17, 15) is 4.57 Å². The molecule has 8 heteroatoms. The minimum atomic E-state index is -4.33. The summed E-state index contributed by atoms with van der Waals surface area (Å²) in [5, 5.41) is 8.45. The average molecular weight is 199 g/mol. The molecule has 0 rings (SSSR count). The molecule has 0 spiro atoms. The Kier molecular flexibility index (Phi) is 4.88. The number of aliphatic hydroxyl groups excluding tert-OH is 1. The molecule has 0 atom stereocenters. The van der Waals surface area contributed by atoms with E-state index in [0.29, 0.717) is 0 Å². The van der Waals surface area contributed by atoms with Gasteiger partial charge >= 0.3 is 7.75 Å². The molecule has 0 fully saturated rings. The summed E-state index contributed by atoms with van der Waals surface area (Å²) in [6.07, 6.45) is -0.829. The Balaban J connectivity index is 4.14. The fourth-order valence-electron chi connectivity index (χ4n) is 0.687. The monoisotopic (exact) mass is 199 g/mol. The van der Waals surface area contributed by atoms with Crippen LogP contribution in [-0.4, -0.2) is 45.4 Å². The molecule has 0 aliphatic rings. The molecular formula is C4H14N3O4P. The Morgan fingerprint density at radius 2 is 1.92 bits per heavy atom. The SMILES string of the molecule is NC(N)CN(CCO)P(=O)(O)O. The van der Waals surface area contributed by atoms with Gasteiger partial charge in [-0.05, 0) is 0 Å². The summed E-state index contributed by atoms with van der Waals surface area (Å²) in [5.74, 6) is 0. The van der Waals surface area contributed by atoms with Crippen molar-refractivity contribution in [2.45, 2.75) is 6.17 Å². The van der Waals surface area contributed by atoms with E-state index in [4.69, 9.17) is 26.4 Å². The summed E-state index contributed by atoms with van der Waals surface area (Å²) < 4.78 is 11.4. The van der Waals surface area contributed by atoms with E-state index in [2.05, 4.69) is 0 Å². The predicted molar refractivity (Wildman–Crippen MR) is 42.9 cm³/mol. The number of nitrogens with zero attached hydrogens (tertiary/aromatic N) is 1. The summed E-state index contributed by atoms with van der Waals surface area (Å²) in [6.45, 7) is -0.641. The minimum absolute atomic E-state index is 0.144. The van der Waals surface area contributed by atoms with E-state index < -0.39 is 13.9 Å². The summed E-state index contributed by atoms with van der Waals surface area (Å²) >= 11 is 0. The Morgan fingerprint density at radius 1 is 1.42 bits per heavy atom. The lowest BCUT2D eigenvalue weighted by atomic mass is 10.5. The molecule has 0 heterocycles. The quantitative estimate of drug-likeness (QED) is 0.246. The molecule has 0 radical (unpaired) electrons. The molecule has 0 saturated carbocycles. The lowest BCUT2D eigenvalue weighted by Gasteiger charge is -2.23. The van der Waals surface area contributed by atoms with Crippen molar-refractivity contribution in [3.8, 4) is 0 Å². The van der Waals surface area contributed by atoms with Crippen molar-refractivity contribution in [3.05, 3.63) is 0 Å². The van der Waals surface area contributed by atoms with Gasteiger partial charge in [0.25, 0.3) is 0 Å². The molecule has 7 nitrogen and oxygen atoms in total. The van der Waals surface area contributed by atoms with Gasteiger partial charge in [-0.15, -0.1) is 0 Å². The van der Waals surface area contributed by atoms with Crippen molar-refractivity contribution in [2.24, 2.45) is 11.5 Å². The third-order valence-electron chi connectivity index (χ3n) is 1.15. The van der Waals surface area contributed by atoms with Crippen LogP contribution in [0.5, 0.6) is 0 Å². The van der Waals surface area contributed by atoms with Crippen molar-refractivity contribution in [1.82, 2.24) is 4.67 Å². The van der Waals surface area contributed by atoms with Crippen molar-refractivity contribution >= 4 is 7.75 Å². The molecule has 0 aromatic rings. The van der Waals surface area contributed by atoms with Crippen LogP contribution in [0.2, 0.25) is 0 Å². The molecular weight excluding hydrogens is 185 g/mol. The van der Waals surface area contributed by atoms with E-state index in [-0.39, 0.29) is 19.7 Å². The number of rotatable bonds is 5. The fourth-order valence-corrected chi connectivity index (χ4v) is 1.44. The first-order chi connectivity index (χ1) is 5.38. The van der Waals surface area contributed by atoms with Gasteiger partial charge in [0, 0.05) is 13.1 Å². The van der Waals surface area contributed by atoms with Gasteiger partial charge in [0.15, 0.2) is 0 Å². The van der Waals surface area contributed by atoms with Crippen LogP contribution in [0.15, 0.2) is 0 Å². The van der Waals surface area contributed by atoms with Crippen LogP contribution in [0.1, 0.15) is 0 Å². The van der Waals surface area contributed by atoms with Crippen molar-refractivity contribution in [1.29, 1.82) is 0 Å². The van der Waals surface area contributed by atoms with Crippen LogP contribution < -0.4 is 11.5 Å². The topological polar surface area (TPSA) is 133 Å². The molecule has 0 bridgehead atoms. The molecule has 0 saturated heterocycles. The Labute approximate surface area is 70.2 Å². The summed E-state index contributed by atoms with van der Waals surface area (Å²) in [5.41, 5.74) is 10.3. The van der Waals surface area contributed by atoms with E-state index in [0.717, 1.165) is 4.67 Å². The van der Waals surface area contributed by atoms with E-state index in [1.165, 1.54) is 0 Å². The van der Waals surface area contributed by atoms with Gasteiger partial charge in [-0.2, -0.15) is 0 Å². The summed E-state index contributed by atoms with van der Waals surface area (Å²) in [6, 6.07) is 0. The number of hydrogen-bond acceptors (Lipinski definition) is 4. The average Bonchev–Trinajstić information content (AvgIpc) is 1.83. The van der Waals surface area contributed by atoms with Crippen LogP contribution in [0.25, 0.3) is 0 Å². The van der Waals surface area contributed by atoms with Crippen LogP contribution >= 0.6 is 7.75 Å². The highest BCUT2D eigenvalue weighted by atomic mass is 31.2. The van der Waals surface area contributed by atoms with E-state index in [1.54, 1.807) is 0 Å². The third kappa shape index (κ3) is 4.78. The first kappa shape index (κ1) is 12.0. The molecule has 74 valence electrons. The van der Waals surface area contributed by atoms with Gasteiger partial charge in [0.1, 0.15) is 0 Å². The number of hydrogen-bond donors (Lipinski definition) is 5. The molecule has 0 aromatic carbocycles. The number of aliphatic hydroxyl groups is 1. The first-order valence-electron chi connectivity index (χ1n) is 3.31. The zero-order valence-corrected chi connectivity index (χ0v) is 7.39. The summed E-state index contributed by atoms with van der Waals surface area (Å²) in [4.78, 5) is 17.3. The molecule has 0 unspecified atom stereocenters. The highest BCUT2D eigenvalue weighted by molar-refractivity contribution is 7.49. The molecule has 0 aliphatic carbocycles. The van der Waals surface area contributed by atoms with E-state index >= 15 is 0 Å². The zero-order valence-electron chi connectivity index (χ0n) is 6.50. The van der Waals surface area contributed by atoms with Crippen LogP contribution in [0.3, 0.4) is 0 Å². The first-order valence-corrected chi connectivity index (χ1v) is 4.87. The zero-order chi connectivity index (χ0) is 9.78. The van der Waals surface area contributed by atoms with Gasteiger partial charge in [-0.1, -0.05) is 0 Å². The highest BCUT2D eigenvalue weighted by Crippen LogP contribution is 2.38. The summed E-state index contributed by atoms with van der Waals surface area (Å²) in [7, 11) is -4.33. The van der Waals surface area contributed by atoms with Crippen LogP contribution in [0.4, 0.5) is 0 Å². The highest BCUT2D eigenvalue weighted by Gasteiger charge is 2.25. The molecule has 12 heavy (non-hydrogen) atoms. The smallest absolute Gasteiger partial charge is 0.395 e. The van der Waals surface area contributed by atoms with Gasteiger partial charge in [0.2, 0.25) is 0 Å². The Morgan fingerprint density at radius 3 is 2.17 bits per heavy atom. The largest absolute Gasteiger partial charge is 0.403 e. The second kappa shape index (κ2) is 4.88. The Hall–Kier alpha value is -0.0100. The van der Waals surface area contributed by atoms with Crippen LogP contribution in [-0.2, 0) is 4.57 Å².